The lowest BCUT2D eigenvalue weighted by molar-refractivity contribution is 0.00791. The van der Waals surface area contributed by atoms with Crippen molar-refractivity contribution in [2.24, 2.45) is 5.92 Å². The van der Waals surface area contributed by atoms with Gasteiger partial charge in [-0.1, -0.05) is 32.4 Å². The van der Waals surface area contributed by atoms with Crippen molar-refractivity contribution in [1.29, 1.82) is 0 Å². The molecule has 3 N–H and O–H groups in total. The van der Waals surface area contributed by atoms with Gasteiger partial charge in [-0.25, -0.2) is 9.59 Å². The molecule has 0 aliphatic rings. The van der Waals surface area contributed by atoms with Crippen LogP contribution in [0.1, 0.15) is 27.2 Å². The van der Waals surface area contributed by atoms with Crippen LogP contribution in [0.5, 0.6) is 0 Å². The van der Waals surface area contributed by atoms with Gasteiger partial charge < -0.3 is 20.2 Å². The molecule has 7 nitrogen and oxygen atoms in total. The molecule has 2 rings (SSSR count). The third kappa shape index (κ3) is 4.17. The predicted molar refractivity (Wildman–Crippen MR) is 92.0 cm³/mol. The average molecular weight is 335 g/mol. The fourth-order valence-corrected chi connectivity index (χ4v) is 2.44. The number of fused-ring (bicyclic) bond motifs is 1. The quantitative estimate of drug-likeness (QED) is 0.717. The van der Waals surface area contributed by atoms with Crippen molar-refractivity contribution < 1.29 is 14.3 Å². The second-order valence-electron chi connectivity index (χ2n) is 6.26. The molecule has 1 aromatic carbocycles. The molecule has 0 saturated carbocycles. The zero-order valence-corrected chi connectivity index (χ0v) is 14.3. The number of benzene rings is 1. The molecule has 0 radical (unpaired) electrons. The minimum Gasteiger partial charge on any atom is -0.408 e. The van der Waals surface area contributed by atoms with Crippen LogP contribution >= 0.6 is 0 Å². The molecule has 0 aliphatic heterocycles. The molecule has 1 aromatic heterocycles. The van der Waals surface area contributed by atoms with Crippen LogP contribution in [0.2, 0.25) is 0 Å². The van der Waals surface area contributed by atoms with Crippen LogP contribution in [0, 0.1) is 5.92 Å². The van der Waals surface area contributed by atoms with E-state index in [0.29, 0.717) is 17.6 Å². The first-order chi connectivity index (χ1) is 11.3. The minimum atomic E-state index is -0.955. The Kier molecular flexibility index (Phi) is 5.66. The number of nitrogens with zero attached hydrogens (tertiary/aromatic N) is 1. The first-order valence-corrected chi connectivity index (χ1v) is 8.17. The molecule has 132 valence electrons. The molecule has 1 heterocycles. The average Bonchev–Trinajstić information content (AvgIpc) is 2.88. The van der Waals surface area contributed by atoms with Crippen LogP contribution in [-0.2, 0) is 6.54 Å². The molecular weight excluding hydrogens is 310 g/mol. The summed E-state index contributed by atoms with van der Waals surface area (Å²) in [4.78, 5) is 23.6. The third-order valence-corrected chi connectivity index (χ3v) is 4.48. The number of carbonyl (C=O) groups is 1. The molecule has 0 bridgehead atoms. The van der Waals surface area contributed by atoms with Crippen molar-refractivity contribution in [3.8, 4) is 0 Å². The normalized spacial score (nSPS) is 15.0. The van der Waals surface area contributed by atoms with Crippen LogP contribution in [-0.4, -0.2) is 34.4 Å². The monoisotopic (exact) mass is 335 g/mol. The lowest BCUT2D eigenvalue weighted by Gasteiger charge is -2.29. The van der Waals surface area contributed by atoms with Gasteiger partial charge in [0.2, 0.25) is 0 Å². The lowest BCUT2D eigenvalue weighted by atomic mass is 9.89. The second kappa shape index (κ2) is 7.53. The smallest absolute Gasteiger partial charge is 0.408 e. The summed E-state index contributed by atoms with van der Waals surface area (Å²) in [5, 5.41) is 15.6. The van der Waals surface area contributed by atoms with Gasteiger partial charge in [0.15, 0.2) is 5.58 Å². The molecule has 2 unspecified atom stereocenters. The molecule has 7 heteroatoms. The molecule has 2 atom stereocenters. The Hall–Kier alpha value is -2.28. The van der Waals surface area contributed by atoms with Gasteiger partial charge >= 0.3 is 11.8 Å². The molecule has 0 aliphatic carbocycles. The third-order valence-electron chi connectivity index (χ3n) is 4.48. The predicted octanol–water partition coefficient (Wildman–Crippen LogP) is 1.69. The highest BCUT2D eigenvalue weighted by Gasteiger charge is 2.27. The van der Waals surface area contributed by atoms with E-state index in [4.69, 9.17) is 4.42 Å². The van der Waals surface area contributed by atoms with E-state index in [-0.39, 0.29) is 25.0 Å². The van der Waals surface area contributed by atoms with Crippen molar-refractivity contribution >= 4 is 17.1 Å². The van der Waals surface area contributed by atoms with Crippen LogP contribution in [0.4, 0.5) is 4.79 Å². The van der Waals surface area contributed by atoms with Gasteiger partial charge in [-0.15, -0.1) is 0 Å². The number of aliphatic hydroxyl groups is 1. The maximum atomic E-state index is 11.8. The molecule has 24 heavy (non-hydrogen) atoms. The summed E-state index contributed by atoms with van der Waals surface area (Å²) in [5.74, 6) is -0.369. The summed E-state index contributed by atoms with van der Waals surface area (Å²) in [6.07, 6.45) is 0.826. The number of hydrogen-bond acceptors (Lipinski definition) is 4. The van der Waals surface area contributed by atoms with Gasteiger partial charge in [0.05, 0.1) is 11.1 Å². The standard InChI is InChI=1S/C17H25N3O4/c1-4-12(2)17(3,23)11-19-15(21)18-9-10-20-13-7-5-6-8-14(13)24-16(20)22/h5-8,12,23H,4,9-11H2,1-3H3,(H2,18,19,21). The van der Waals surface area contributed by atoms with Crippen molar-refractivity contribution in [1.82, 2.24) is 15.2 Å². The van der Waals surface area contributed by atoms with E-state index in [1.807, 2.05) is 19.9 Å². The maximum absolute atomic E-state index is 11.8. The summed E-state index contributed by atoms with van der Waals surface area (Å²) >= 11 is 0. The van der Waals surface area contributed by atoms with Crippen LogP contribution in [0.3, 0.4) is 0 Å². The summed E-state index contributed by atoms with van der Waals surface area (Å²) in [6, 6.07) is 6.77. The van der Waals surface area contributed by atoms with E-state index in [9.17, 15) is 14.7 Å². The van der Waals surface area contributed by atoms with E-state index in [1.165, 1.54) is 4.57 Å². The van der Waals surface area contributed by atoms with Crippen LogP contribution in [0.15, 0.2) is 33.5 Å². The van der Waals surface area contributed by atoms with Crippen LogP contribution < -0.4 is 16.4 Å². The molecule has 0 saturated heterocycles. The summed E-state index contributed by atoms with van der Waals surface area (Å²) in [7, 11) is 0. The van der Waals surface area contributed by atoms with Crippen LogP contribution in [0.25, 0.3) is 11.1 Å². The van der Waals surface area contributed by atoms with Gasteiger partial charge in [0, 0.05) is 19.6 Å². The minimum absolute atomic E-state index is 0.0775. The maximum Gasteiger partial charge on any atom is 0.420 e. The van der Waals surface area contributed by atoms with E-state index in [2.05, 4.69) is 10.6 Å². The zero-order valence-electron chi connectivity index (χ0n) is 14.3. The largest absolute Gasteiger partial charge is 0.420 e. The Morgan fingerprint density at radius 1 is 1.38 bits per heavy atom. The number of oxazole rings is 1. The summed E-state index contributed by atoms with van der Waals surface area (Å²) in [6.45, 7) is 6.40. The van der Waals surface area contributed by atoms with E-state index in [1.54, 1.807) is 25.1 Å². The molecule has 0 fully saturated rings. The Morgan fingerprint density at radius 2 is 2.08 bits per heavy atom. The zero-order chi connectivity index (χ0) is 17.7. The van der Waals surface area contributed by atoms with E-state index in [0.717, 1.165) is 6.42 Å². The highest BCUT2D eigenvalue weighted by molar-refractivity contribution is 5.74. The summed E-state index contributed by atoms with van der Waals surface area (Å²) in [5.41, 5.74) is 0.269. The van der Waals surface area contributed by atoms with Gasteiger partial charge in [0.1, 0.15) is 0 Å². The number of urea groups is 1. The Morgan fingerprint density at radius 3 is 2.79 bits per heavy atom. The van der Waals surface area contributed by atoms with Crippen molar-refractivity contribution in [2.75, 3.05) is 13.1 Å². The number of aromatic nitrogens is 1. The summed E-state index contributed by atoms with van der Waals surface area (Å²) < 4.78 is 6.61. The van der Waals surface area contributed by atoms with Gasteiger partial charge in [0.25, 0.3) is 0 Å². The molecule has 2 amide bonds. The number of hydrogen-bond donors (Lipinski definition) is 3. The number of rotatable bonds is 7. The Balaban J connectivity index is 1.84. The Labute approximate surface area is 140 Å². The fraction of sp³-hybridized carbons (Fsp3) is 0.529. The van der Waals surface area contributed by atoms with Crippen molar-refractivity contribution in [3.05, 3.63) is 34.8 Å². The molecule has 0 spiro atoms. The highest BCUT2D eigenvalue weighted by Crippen LogP contribution is 2.18. The number of para-hydroxylation sites is 2. The molecular formula is C17H25N3O4. The number of nitrogens with one attached hydrogen (secondary N) is 2. The van der Waals surface area contributed by atoms with E-state index >= 15 is 0 Å². The first kappa shape index (κ1) is 18.1. The topological polar surface area (TPSA) is 96.5 Å². The molecule has 2 aromatic rings. The van der Waals surface area contributed by atoms with E-state index < -0.39 is 11.4 Å². The van der Waals surface area contributed by atoms with Gasteiger partial charge in [-0.05, 0) is 25.0 Å². The highest BCUT2D eigenvalue weighted by atomic mass is 16.4. The number of amides is 2. The van der Waals surface area contributed by atoms with Gasteiger partial charge in [-0.3, -0.25) is 4.57 Å². The number of carbonyl (C=O) groups excluding carboxylic acids is 1. The Bertz CT molecular complexity index is 748. The SMILES string of the molecule is CCC(C)C(C)(O)CNC(=O)NCCn1c(=O)oc2ccccc21. The van der Waals surface area contributed by atoms with Crippen molar-refractivity contribution in [3.63, 3.8) is 0 Å². The fourth-order valence-electron chi connectivity index (χ4n) is 2.44. The second-order valence-corrected chi connectivity index (χ2v) is 6.26. The lowest BCUT2D eigenvalue weighted by Crippen LogP contribution is -2.48. The first-order valence-electron chi connectivity index (χ1n) is 8.17. The van der Waals surface area contributed by atoms with Gasteiger partial charge in [-0.2, -0.15) is 0 Å². The van der Waals surface area contributed by atoms with Crippen molar-refractivity contribution in [2.45, 2.75) is 39.3 Å².